The van der Waals surface area contributed by atoms with E-state index in [-0.39, 0.29) is 0 Å². The molecule has 1 aromatic heterocycles. The zero-order valence-corrected chi connectivity index (χ0v) is 26.7. The molecule has 8 aromatic rings. The lowest BCUT2D eigenvalue weighted by Gasteiger charge is -2.27. The first kappa shape index (κ1) is 28.6. The average Bonchev–Trinajstić information content (AvgIpc) is 3.31. The Kier molecular flexibility index (Phi) is 7.14. The Labute approximate surface area is 286 Å². The van der Waals surface area contributed by atoms with Crippen LogP contribution < -0.4 is 4.90 Å². The minimum atomic E-state index is 0.707. The molecule has 0 N–H and O–H groups in total. The molecule has 9 rings (SSSR count). The summed E-state index contributed by atoms with van der Waals surface area (Å²) in [6.07, 6.45) is 0. The highest BCUT2D eigenvalue weighted by Gasteiger charge is 2.26. The van der Waals surface area contributed by atoms with Crippen molar-refractivity contribution in [2.45, 2.75) is 0 Å². The van der Waals surface area contributed by atoms with E-state index in [1.165, 1.54) is 27.9 Å². The Bertz CT molecular complexity index is 2360. The highest BCUT2D eigenvalue weighted by atomic mass is 15.1. The van der Waals surface area contributed by atoms with Gasteiger partial charge in [0.25, 0.3) is 0 Å². The molecule has 0 saturated carbocycles. The summed E-state index contributed by atoms with van der Waals surface area (Å²) in [4.78, 5) is 12.5. The third-order valence-electron chi connectivity index (χ3n) is 9.25. The van der Waals surface area contributed by atoms with E-state index >= 15 is 0 Å². The van der Waals surface area contributed by atoms with Crippen LogP contribution in [-0.2, 0) is 0 Å². The number of hydrogen-bond donors (Lipinski definition) is 0. The summed E-state index contributed by atoms with van der Waals surface area (Å²) in [5.74, 6) is 0.707. The molecule has 3 heteroatoms. The summed E-state index contributed by atoms with van der Waals surface area (Å²) in [5, 5.41) is 0. The van der Waals surface area contributed by atoms with E-state index in [4.69, 9.17) is 9.97 Å². The zero-order valence-electron chi connectivity index (χ0n) is 26.7. The second kappa shape index (κ2) is 12.2. The predicted octanol–water partition coefficient (Wildman–Crippen LogP) is 12.3. The van der Waals surface area contributed by atoms with Gasteiger partial charge >= 0.3 is 0 Å². The van der Waals surface area contributed by atoms with Crippen molar-refractivity contribution < 1.29 is 0 Å². The minimum absolute atomic E-state index is 0.707. The monoisotopic (exact) mass is 625 g/mol. The fraction of sp³-hybridized carbons (Fsp3) is 0. The Morgan fingerprint density at radius 2 is 0.776 bits per heavy atom. The third-order valence-corrected chi connectivity index (χ3v) is 9.25. The van der Waals surface area contributed by atoms with Gasteiger partial charge in [-0.15, -0.1) is 0 Å². The zero-order chi connectivity index (χ0) is 32.6. The molecule has 0 spiro atoms. The molecule has 230 valence electrons. The number of aromatic nitrogens is 2. The quantitative estimate of drug-likeness (QED) is 0.191. The first-order valence-electron chi connectivity index (χ1n) is 16.6. The van der Waals surface area contributed by atoms with Gasteiger partial charge in [-0.3, -0.25) is 0 Å². The van der Waals surface area contributed by atoms with Gasteiger partial charge < -0.3 is 4.90 Å². The van der Waals surface area contributed by atoms with E-state index in [1.54, 1.807) is 0 Å². The number of nitrogens with zero attached hydrogens (tertiary/aromatic N) is 3. The minimum Gasteiger partial charge on any atom is -0.309 e. The SMILES string of the molecule is c1ccc(-c2cc(-c3ccccc3)nc(-c3ccc(-c4ccc5c(c4)-c4ccccc4-c4ccccc4N5c4ccccc4)cc3)n2)cc1. The summed E-state index contributed by atoms with van der Waals surface area (Å²) in [6, 6.07) is 66.3. The van der Waals surface area contributed by atoms with Gasteiger partial charge in [-0.05, 0) is 58.7 Å². The van der Waals surface area contributed by atoms with Gasteiger partial charge in [0.15, 0.2) is 5.82 Å². The molecule has 2 heterocycles. The average molecular weight is 626 g/mol. The largest absolute Gasteiger partial charge is 0.309 e. The van der Waals surface area contributed by atoms with Gasteiger partial charge in [0.1, 0.15) is 0 Å². The standard InChI is InChI=1S/C46H31N3/c1-4-14-33(15-5-1)42-31-43(34-16-6-2-7-17-34)48-46(47-42)35-26-24-32(25-27-35)36-28-29-45-41(30-36)39-21-11-10-20-38(39)40-22-12-13-23-44(40)49(45)37-18-8-3-9-19-37/h1-31H. The van der Waals surface area contributed by atoms with Gasteiger partial charge in [-0.25, -0.2) is 9.97 Å². The lowest BCUT2D eigenvalue weighted by molar-refractivity contribution is 1.18. The molecule has 0 fully saturated rings. The molecule has 0 radical (unpaired) electrons. The molecule has 3 nitrogen and oxygen atoms in total. The summed E-state index contributed by atoms with van der Waals surface area (Å²) >= 11 is 0. The van der Waals surface area contributed by atoms with Crippen LogP contribution in [0.5, 0.6) is 0 Å². The van der Waals surface area contributed by atoms with Gasteiger partial charge in [-0.2, -0.15) is 0 Å². The van der Waals surface area contributed by atoms with Crippen molar-refractivity contribution >= 4 is 17.1 Å². The Morgan fingerprint density at radius 1 is 0.306 bits per heavy atom. The van der Waals surface area contributed by atoms with Crippen LogP contribution in [0, 0.1) is 0 Å². The highest BCUT2D eigenvalue weighted by molar-refractivity contribution is 6.03. The number of benzene rings is 7. The number of hydrogen-bond acceptors (Lipinski definition) is 3. The maximum absolute atomic E-state index is 5.04. The topological polar surface area (TPSA) is 29.0 Å². The normalized spacial score (nSPS) is 11.6. The smallest absolute Gasteiger partial charge is 0.160 e. The summed E-state index contributed by atoms with van der Waals surface area (Å²) in [6.45, 7) is 0. The molecule has 0 unspecified atom stereocenters. The maximum Gasteiger partial charge on any atom is 0.160 e. The summed E-state index contributed by atoms with van der Waals surface area (Å²) < 4.78 is 0. The van der Waals surface area contributed by atoms with Crippen molar-refractivity contribution in [1.29, 1.82) is 0 Å². The number of para-hydroxylation sites is 2. The lowest BCUT2D eigenvalue weighted by Crippen LogP contribution is -2.10. The van der Waals surface area contributed by atoms with Gasteiger partial charge in [0, 0.05) is 33.5 Å². The Morgan fingerprint density at radius 3 is 1.41 bits per heavy atom. The highest BCUT2D eigenvalue weighted by Crippen LogP contribution is 2.51. The fourth-order valence-corrected chi connectivity index (χ4v) is 6.86. The van der Waals surface area contributed by atoms with Gasteiger partial charge in [0.2, 0.25) is 0 Å². The molecular formula is C46H31N3. The van der Waals surface area contributed by atoms with Crippen LogP contribution >= 0.6 is 0 Å². The molecule has 0 saturated heterocycles. The third kappa shape index (κ3) is 5.28. The van der Waals surface area contributed by atoms with Crippen LogP contribution in [0.15, 0.2) is 188 Å². The van der Waals surface area contributed by atoms with E-state index in [1.807, 2.05) is 36.4 Å². The van der Waals surface area contributed by atoms with Crippen molar-refractivity contribution in [2.24, 2.45) is 0 Å². The molecule has 49 heavy (non-hydrogen) atoms. The van der Waals surface area contributed by atoms with Crippen LogP contribution in [0.4, 0.5) is 17.1 Å². The van der Waals surface area contributed by atoms with Gasteiger partial charge in [-0.1, -0.05) is 152 Å². The molecule has 1 aliphatic rings. The molecule has 7 aromatic carbocycles. The van der Waals surface area contributed by atoms with Crippen LogP contribution in [-0.4, -0.2) is 9.97 Å². The van der Waals surface area contributed by atoms with Crippen LogP contribution in [0.3, 0.4) is 0 Å². The maximum atomic E-state index is 5.04. The van der Waals surface area contributed by atoms with Crippen molar-refractivity contribution in [3.8, 4) is 67.3 Å². The molecule has 1 aliphatic heterocycles. The van der Waals surface area contributed by atoms with E-state index < -0.39 is 0 Å². The molecule has 0 bridgehead atoms. The number of anilines is 3. The van der Waals surface area contributed by atoms with E-state index in [2.05, 4.69) is 157 Å². The first-order valence-corrected chi connectivity index (χ1v) is 16.6. The van der Waals surface area contributed by atoms with Crippen LogP contribution in [0.2, 0.25) is 0 Å². The van der Waals surface area contributed by atoms with Crippen molar-refractivity contribution in [2.75, 3.05) is 4.90 Å². The van der Waals surface area contributed by atoms with Crippen molar-refractivity contribution in [3.05, 3.63) is 188 Å². The lowest BCUT2D eigenvalue weighted by atomic mass is 9.92. The van der Waals surface area contributed by atoms with Crippen molar-refractivity contribution in [1.82, 2.24) is 9.97 Å². The van der Waals surface area contributed by atoms with Gasteiger partial charge in [0.05, 0.1) is 22.8 Å². The molecule has 0 atom stereocenters. The van der Waals surface area contributed by atoms with Crippen molar-refractivity contribution in [3.63, 3.8) is 0 Å². The number of rotatable bonds is 5. The Balaban J connectivity index is 1.15. The fourth-order valence-electron chi connectivity index (χ4n) is 6.86. The summed E-state index contributed by atoms with van der Waals surface area (Å²) in [7, 11) is 0. The predicted molar refractivity (Wildman–Crippen MR) is 203 cm³/mol. The van der Waals surface area contributed by atoms with Crippen LogP contribution in [0.25, 0.3) is 67.3 Å². The van der Waals surface area contributed by atoms with E-state index in [0.29, 0.717) is 5.82 Å². The van der Waals surface area contributed by atoms with E-state index in [0.717, 1.165) is 50.6 Å². The van der Waals surface area contributed by atoms with E-state index in [9.17, 15) is 0 Å². The number of fused-ring (bicyclic) bond motifs is 5. The molecule has 0 amide bonds. The Hall–Kier alpha value is -6.58. The van der Waals surface area contributed by atoms with Crippen LogP contribution in [0.1, 0.15) is 0 Å². The first-order chi connectivity index (χ1) is 24.3. The second-order valence-electron chi connectivity index (χ2n) is 12.2. The molecular weight excluding hydrogens is 595 g/mol. The molecule has 0 aliphatic carbocycles. The summed E-state index contributed by atoms with van der Waals surface area (Å²) in [5.41, 5.74) is 15.5. The second-order valence-corrected chi connectivity index (χ2v) is 12.2.